The van der Waals surface area contributed by atoms with Crippen LogP contribution in [-0.4, -0.2) is 5.16 Å². The van der Waals surface area contributed by atoms with Gasteiger partial charge in [0.1, 0.15) is 11.5 Å². The molecule has 0 saturated carbocycles. The fourth-order valence-corrected chi connectivity index (χ4v) is 1.76. The summed E-state index contributed by atoms with van der Waals surface area (Å²) in [5.74, 6) is -0.117. The minimum absolute atomic E-state index is 0.213. The molecule has 1 heterocycles. The molecule has 0 atom stereocenters. The van der Waals surface area contributed by atoms with Crippen LogP contribution < -0.4 is 5.73 Å². The third kappa shape index (κ3) is 1.87. The van der Waals surface area contributed by atoms with Crippen molar-refractivity contribution in [2.75, 3.05) is 5.73 Å². The lowest BCUT2D eigenvalue weighted by molar-refractivity contribution is 0.439. The van der Waals surface area contributed by atoms with Crippen LogP contribution in [0.5, 0.6) is 0 Å². The van der Waals surface area contributed by atoms with Gasteiger partial charge in [-0.25, -0.2) is 4.39 Å². The van der Waals surface area contributed by atoms with Gasteiger partial charge in [0.2, 0.25) is 5.88 Å². The van der Waals surface area contributed by atoms with Gasteiger partial charge < -0.3 is 10.3 Å². The number of nitrogens with zero attached hydrogens (tertiary/aromatic N) is 1. The number of anilines is 1. The van der Waals surface area contributed by atoms with Crippen LogP contribution in [0.4, 0.5) is 10.3 Å². The zero-order valence-corrected chi connectivity index (χ0v) is 9.51. The van der Waals surface area contributed by atoms with Gasteiger partial charge >= 0.3 is 0 Å². The van der Waals surface area contributed by atoms with Crippen molar-refractivity contribution in [2.45, 2.75) is 6.92 Å². The molecule has 78 valence electrons. The summed E-state index contributed by atoms with van der Waals surface area (Å²) in [7, 11) is 0. The molecule has 2 aromatic rings. The number of benzene rings is 1. The first-order valence-electron chi connectivity index (χ1n) is 4.26. The molecule has 1 aromatic heterocycles. The number of nitrogen functional groups attached to an aromatic ring is 1. The Balaban J connectivity index is 2.62. The van der Waals surface area contributed by atoms with Crippen LogP contribution in [0.15, 0.2) is 27.2 Å². The van der Waals surface area contributed by atoms with E-state index in [1.807, 2.05) is 6.92 Å². The van der Waals surface area contributed by atoms with Crippen LogP contribution in [0.1, 0.15) is 5.56 Å². The van der Waals surface area contributed by atoms with Crippen molar-refractivity contribution in [1.82, 2.24) is 5.16 Å². The first-order chi connectivity index (χ1) is 7.08. The van der Waals surface area contributed by atoms with Crippen LogP contribution in [0.2, 0.25) is 0 Å². The summed E-state index contributed by atoms with van der Waals surface area (Å²) in [6.07, 6.45) is 0. The molecule has 0 saturated heterocycles. The van der Waals surface area contributed by atoms with Gasteiger partial charge in [0.15, 0.2) is 0 Å². The summed E-state index contributed by atoms with van der Waals surface area (Å²) < 4.78 is 18.6. The lowest BCUT2D eigenvalue weighted by Crippen LogP contribution is -1.87. The van der Waals surface area contributed by atoms with Crippen molar-refractivity contribution in [3.05, 3.63) is 34.1 Å². The number of aromatic nitrogens is 1. The van der Waals surface area contributed by atoms with Gasteiger partial charge in [-0.1, -0.05) is 21.1 Å². The number of hydrogen-bond acceptors (Lipinski definition) is 3. The smallest absolute Gasteiger partial charge is 0.222 e. The summed E-state index contributed by atoms with van der Waals surface area (Å²) in [5.41, 5.74) is 7.50. The Morgan fingerprint density at radius 2 is 2.13 bits per heavy atom. The van der Waals surface area contributed by atoms with E-state index in [0.717, 1.165) is 5.56 Å². The van der Waals surface area contributed by atoms with Gasteiger partial charge in [-0.05, 0) is 24.6 Å². The van der Waals surface area contributed by atoms with Gasteiger partial charge in [-0.15, -0.1) is 0 Å². The highest BCUT2D eigenvalue weighted by atomic mass is 79.9. The molecule has 0 unspecified atom stereocenters. The number of hydrogen-bond donors (Lipinski definition) is 1. The van der Waals surface area contributed by atoms with Crippen molar-refractivity contribution in [2.24, 2.45) is 0 Å². The third-order valence-electron chi connectivity index (χ3n) is 2.11. The van der Waals surface area contributed by atoms with Crippen LogP contribution in [0.3, 0.4) is 0 Å². The predicted octanol–water partition coefficient (Wildman–Crippen LogP) is 3.13. The molecule has 3 nitrogen and oxygen atoms in total. The van der Waals surface area contributed by atoms with E-state index >= 15 is 0 Å². The molecule has 1 aromatic carbocycles. The number of nitrogens with two attached hydrogens (primary N) is 1. The second-order valence-corrected chi connectivity index (χ2v) is 4.03. The molecular weight excluding hydrogens is 263 g/mol. The largest absolute Gasteiger partial charge is 0.368 e. The van der Waals surface area contributed by atoms with E-state index in [4.69, 9.17) is 10.3 Å². The van der Waals surface area contributed by atoms with E-state index in [1.165, 1.54) is 12.1 Å². The Morgan fingerprint density at radius 3 is 2.73 bits per heavy atom. The maximum atomic E-state index is 13.2. The Morgan fingerprint density at radius 1 is 1.40 bits per heavy atom. The molecular formula is C10H8BrFN2O. The van der Waals surface area contributed by atoms with E-state index in [-0.39, 0.29) is 11.7 Å². The lowest BCUT2D eigenvalue weighted by Gasteiger charge is -2.04. The fraction of sp³-hybridized carbons (Fsp3) is 0.100. The summed E-state index contributed by atoms with van der Waals surface area (Å²) in [6, 6.07) is 4.37. The van der Waals surface area contributed by atoms with Gasteiger partial charge in [0.25, 0.3) is 0 Å². The summed E-state index contributed by atoms with van der Waals surface area (Å²) in [6.45, 7) is 1.86. The van der Waals surface area contributed by atoms with E-state index in [9.17, 15) is 4.39 Å². The first-order valence-corrected chi connectivity index (χ1v) is 5.05. The standard InChI is InChI=1S/C10H8BrFN2O/c1-5-7(2-6(12)3-8(5)11)9-4-10(13)15-14-9/h2-4H,13H2,1H3. The van der Waals surface area contributed by atoms with Crippen LogP contribution in [0, 0.1) is 12.7 Å². The van der Waals surface area contributed by atoms with Crippen LogP contribution in [0.25, 0.3) is 11.3 Å². The second-order valence-electron chi connectivity index (χ2n) is 3.17. The molecule has 0 radical (unpaired) electrons. The maximum Gasteiger partial charge on any atom is 0.222 e. The maximum absolute atomic E-state index is 13.2. The Hall–Kier alpha value is -1.36. The third-order valence-corrected chi connectivity index (χ3v) is 2.94. The minimum Gasteiger partial charge on any atom is -0.368 e. The SMILES string of the molecule is Cc1c(Br)cc(F)cc1-c1cc(N)on1. The quantitative estimate of drug-likeness (QED) is 0.866. The zero-order valence-electron chi connectivity index (χ0n) is 7.92. The summed E-state index contributed by atoms with van der Waals surface area (Å²) in [4.78, 5) is 0. The van der Waals surface area contributed by atoms with E-state index in [1.54, 1.807) is 6.07 Å². The monoisotopic (exact) mass is 270 g/mol. The summed E-state index contributed by atoms with van der Waals surface area (Å²) in [5, 5.41) is 3.74. The average molecular weight is 271 g/mol. The van der Waals surface area contributed by atoms with Crippen LogP contribution >= 0.6 is 15.9 Å². The highest BCUT2D eigenvalue weighted by Gasteiger charge is 2.11. The molecule has 0 fully saturated rings. The van der Waals surface area contributed by atoms with Crippen molar-refractivity contribution in [3.8, 4) is 11.3 Å². The zero-order chi connectivity index (χ0) is 11.0. The number of halogens is 2. The van der Waals surface area contributed by atoms with Gasteiger partial charge in [0.05, 0.1) is 0 Å². The fourth-order valence-electron chi connectivity index (χ4n) is 1.33. The van der Waals surface area contributed by atoms with Crippen LogP contribution in [-0.2, 0) is 0 Å². The summed E-state index contributed by atoms with van der Waals surface area (Å²) >= 11 is 3.27. The van der Waals surface area contributed by atoms with Gasteiger partial charge in [-0.2, -0.15) is 0 Å². The van der Waals surface area contributed by atoms with E-state index in [2.05, 4.69) is 21.1 Å². The molecule has 0 aliphatic rings. The molecule has 2 N–H and O–H groups in total. The topological polar surface area (TPSA) is 52.0 Å². The molecule has 0 aliphatic heterocycles. The van der Waals surface area contributed by atoms with Crippen molar-refractivity contribution < 1.29 is 8.91 Å². The molecule has 5 heteroatoms. The predicted molar refractivity (Wildman–Crippen MR) is 58.7 cm³/mol. The Kier molecular flexibility index (Phi) is 2.48. The average Bonchev–Trinajstić information content (AvgIpc) is 2.58. The molecule has 0 bridgehead atoms. The highest BCUT2D eigenvalue weighted by molar-refractivity contribution is 9.10. The molecule has 0 aliphatic carbocycles. The molecule has 0 amide bonds. The molecule has 0 spiro atoms. The minimum atomic E-state index is -0.330. The highest BCUT2D eigenvalue weighted by Crippen LogP contribution is 2.29. The number of rotatable bonds is 1. The first kappa shape index (κ1) is 10.2. The Bertz CT molecular complexity index is 510. The Labute approximate surface area is 94.2 Å². The van der Waals surface area contributed by atoms with Crippen molar-refractivity contribution >= 4 is 21.8 Å². The molecule has 2 rings (SSSR count). The van der Waals surface area contributed by atoms with E-state index in [0.29, 0.717) is 15.7 Å². The molecule has 15 heavy (non-hydrogen) atoms. The normalized spacial score (nSPS) is 10.6. The van der Waals surface area contributed by atoms with Gasteiger partial charge in [0, 0.05) is 16.1 Å². The lowest BCUT2D eigenvalue weighted by atomic mass is 10.1. The van der Waals surface area contributed by atoms with Crippen molar-refractivity contribution in [3.63, 3.8) is 0 Å². The van der Waals surface area contributed by atoms with Gasteiger partial charge in [-0.3, -0.25) is 0 Å². The van der Waals surface area contributed by atoms with Crippen molar-refractivity contribution in [1.29, 1.82) is 0 Å². The second kappa shape index (κ2) is 3.66. The van der Waals surface area contributed by atoms with E-state index < -0.39 is 0 Å².